The molecule has 3 aromatic rings. The summed E-state index contributed by atoms with van der Waals surface area (Å²) in [6.07, 6.45) is -0.0699. The number of ether oxygens (including phenoxy) is 1. The second-order valence-electron chi connectivity index (χ2n) is 4.47. The Bertz CT molecular complexity index is 578. The van der Waals surface area contributed by atoms with Crippen LogP contribution in [0.15, 0.2) is 78.2 Å². The van der Waals surface area contributed by atoms with E-state index in [1.54, 1.807) is 11.3 Å². The molecule has 20 heavy (non-hydrogen) atoms. The van der Waals surface area contributed by atoms with Gasteiger partial charge in [-0.3, -0.25) is 0 Å². The first-order chi connectivity index (χ1) is 9.93. The second-order valence-corrected chi connectivity index (χ2v) is 5.45. The van der Waals surface area contributed by atoms with Gasteiger partial charge in [-0.15, -0.1) is 11.3 Å². The highest BCUT2D eigenvalue weighted by Gasteiger charge is 2.14. The summed E-state index contributed by atoms with van der Waals surface area (Å²) in [4.78, 5) is 1.13. The van der Waals surface area contributed by atoms with Crippen molar-refractivity contribution < 1.29 is 4.74 Å². The minimum Gasteiger partial charge on any atom is -0.357 e. The molecule has 0 saturated carbocycles. The molecule has 0 amide bonds. The van der Waals surface area contributed by atoms with Gasteiger partial charge in [-0.2, -0.15) is 0 Å². The first-order valence-corrected chi connectivity index (χ1v) is 7.43. The lowest BCUT2D eigenvalue weighted by molar-refractivity contribution is 0.151. The van der Waals surface area contributed by atoms with E-state index in [9.17, 15) is 0 Å². The van der Waals surface area contributed by atoms with Gasteiger partial charge < -0.3 is 4.74 Å². The SMILES string of the molecule is [CH](OC(c1ccccc1)c1ccccc1)c1cccs1. The van der Waals surface area contributed by atoms with Gasteiger partial charge in [-0.25, -0.2) is 0 Å². The number of hydrogen-bond acceptors (Lipinski definition) is 2. The fraction of sp³-hybridized carbons (Fsp3) is 0.0556. The molecule has 3 rings (SSSR count). The number of rotatable bonds is 5. The van der Waals surface area contributed by atoms with E-state index in [0.29, 0.717) is 0 Å². The highest BCUT2D eigenvalue weighted by atomic mass is 32.1. The normalized spacial score (nSPS) is 10.8. The van der Waals surface area contributed by atoms with E-state index in [-0.39, 0.29) is 6.10 Å². The molecule has 0 aliphatic heterocycles. The van der Waals surface area contributed by atoms with E-state index in [2.05, 4.69) is 35.7 Å². The molecule has 99 valence electrons. The van der Waals surface area contributed by atoms with Crippen LogP contribution >= 0.6 is 11.3 Å². The third-order valence-corrected chi connectivity index (χ3v) is 3.87. The van der Waals surface area contributed by atoms with Crippen LogP contribution in [0.25, 0.3) is 0 Å². The molecule has 0 fully saturated rings. The van der Waals surface area contributed by atoms with Crippen LogP contribution in [0, 0.1) is 6.61 Å². The summed E-state index contributed by atoms with van der Waals surface area (Å²) >= 11 is 1.67. The van der Waals surface area contributed by atoms with Crippen molar-refractivity contribution in [2.24, 2.45) is 0 Å². The molecular weight excluding hydrogens is 264 g/mol. The predicted molar refractivity (Wildman–Crippen MR) is 83.5 cm³/mol. The van der Waals surface area contributed by atoms with E-state index in [1.807, 2.05) is 49.1 Å². The lowest BCUT2D eigenvalue weighted by Crippen LogP contribution is -2.04. The highest BCUT2D eigenvalue weighted by Crippen LogP contribution is 2.28. The Labute approximate surface area is 123 Å². The highest BCUT2D eigenvalue weighted by molar-refractivity contribution is 7.10. The van der Waals surface area contributed by atoms with Gasteiger partial charge in [0.05, 0.1) is 0 Å². The fourth-order valence-electron chi connectivity index (χ4n) is 2.10. The topological polar surface area (TPSA) is 9.23 Å². The van der Waals surface area contributed by atoms with E-state index in [4.69, 9.17) is 4.74 Å². The Hall–Kier alpha value is -1.90. The molecule has 2 aromatic carbocycles. The van der Waals surface area contributed by atoms with Crippen LogP contribution < -0.4 is 0 Å². The van der Waals surface area contributed by atoms with Crippen LogP contribution in [0.1, 0.15) is 22.1 Å². The first kappa shape index (κ1) is 13.1. The van der Waals surface area contributed by atoms with Gasteiger partial charge in [-0.1, -0.05) is 66.7 Å². The number of benzene rings is 2. The van der Waals surface area contributed by atoms with Gasteiger partial charge >= 0.3 is 0 Å². The molecule has 2 heteroatoms. The number of thiophene rings is 1. The maximum Gasteiger partial charge on any atom is 0.124 e. The standard InChI is InChI=1S/C18H15OS/c1-3-8-15(9-4-1)18(16-10-5-2-6-11-16)19-14-17-12-7-13-20-17/h1-14,18H. The van der Waals surface area contributed by atoms with Crippen LogP contribution in [-0.2, 0) is 4.74 Å². The Morgan fingerprint density at radius 3 is 1.85 bits per heavy atom. The molecule has 0 N–H and O–H groups in total. The van der Waals surface area contributed by atoms with Crippen LogP contribution in [0.3, 0.4) is 0 Å². The minimum atomic E-state index is -0.0699. The second kappa shape index (κ2) is 6.51. The Balaban J connectivity index is 1.84. The molecule has 1 heterocycles. The maximum absolute atomic E-state index is 6.04. The largest absolute Gasteiger partial charge is 0.357 e. The van der Waals surface area contributed by atoms with Crippen molar-refractivity contribution in [2.75, 3.05) is 0 Å². The van der Waals surface area contributed by atoms with E-state index in [0.717, 1.165) is 16.0 Å². The van der Waals surface area contributed by atoms with Gasteiger partial charge in [0, 0.05) is 4.88 Å². The summed E-state index contributed by atoms with van der Waals surface area (Å²) < 4.78 is 6.04. The fourth-order valence-corrected chi connectivity index (χ4v) is 2.68. The third-order valence-electron chi connectivity index (χ3n) is 3.07. The molecule has 0 aliphatic rings. The van der Waals surface area contributed by atoms with Gasteiger partial charge in [0.15, 0.2) is 0 Å². The zero-order chi connectivity index (χ0) is 13.6. The molecule has 0 saturated heterocycles. The van der Waals surface area contributed by atoms with Crippen LogP contribution in [0.5, 0.6) is 0 Å². The summed E-state index contributed by atoms with van der Waals surface area (Å²) in [5.74, 6) is 0. The van der Waals surface area contributed by atoms with Crippen molar-refractivity contribution in [1.29, 1.82) is 0 Å². The Morgan fingerprint density at radius 2 is 1.35 bits per heavy atom. The molecular formula is C18H15OS. The maximum atomic E-state index is 6.04. The van der Waals surface area contributed by atoms with E-state index in [1.165, 1.54) is 0 Å². The first-order valence-electron chi connectivity index (χ1n) is 6.55. The zero-order valence-corrected chi connectivity index (χ0v) is 11.8. The lowest BCUT2D eigenvalue weighted by Gasteiger charge is -2.18. The van der Waals surface area contributed by atoms with Crippen LogP contribution in [0.2, 0.25) is 0 Å². The van der Waals surface area contributed by atoms with E-state index >= 15 is 0 Å². The zero-order valence-electron chi connectivity index (χ0n) is 11.0. The van der Waals surface area contributed by atoms with Crippen molar-refractivity contribution >= 4 is 11.3 Å². The lowest BCUT2D eigenvalue weighted by atomic mass is 10.0. The van der Waals surface area contributed by atoms with Gasteiger partial charge in [0.2, 0.25) is 0 Å². The van der Waals surface area contributed by atoms with Crippen LogP contribution in [0.4, 0.5) is 0 Å². The number of hydrogen-bond donors (Lipinski definition) is 0. The summed E-state index contributed by atoms with van der Waals surface area (Å²) in [5, 5.41) is 2.05. The molecule has 0 bridgehead atoms. The summed E-state index contributed by atoms with van der Waals surface area (Å²) in [6, 6.07) is 24.7. The summed E-state index contributed by atoms with van der Waals surface area (Å²) in [6.45, 7) is 1.84. The Morgan fingerprint density at radius 1 is 0.750 bits per heavy atom. The van der Waals surface area contributed by atoms with E-state index < -0.39 is 0 Å². The third kappa shape index (κ3) is 3.16. The average Bonchev–Trinajstić information content (AvgIpc) is 3.03. The average molecular weight is 279 g/mol. The van der Waals surface area contributed by atoms with Crippen LogP contribution in [-0.4, -0.2) is 0 Å². The van der Waals surface area contributed by atoms with Gasteiger partial charge in [-0.05, 0) is 22.6 Å². The van der Waals surface area contributed by atoms with Crippen molar-refractivity contribution in [2.45, 2.75) is 6.10 Å². The molecule has 0 aliphatic carbocycles. The molecule has 0 unspecified atom stereocenters. The van der Waals surface area contributed by atoms with Crippen molar-refractivity contribution in [3.63, 3.8) is 0 Å². The smallest absolute Gasteiger partial charge is 0.124 e. The minimum absolute atomic E-state index is 0.0699. The van der Waals surface area contributed by atoms with Gasteiger partial charge in [0.1, 0.15) is 12.7 Å². The molecule has 0 atom stereocenters. The quantitative estimate of drug-likeness (QED) is 0.634. The van der Waals surface area contributed by atoms with Gasteiger partial charge in [0.25, 0.3) is 0 Å². The molecule has 1 radical (unpaired) electrons. The van der Waals surface area contributed by atoms with Crippen molar-refractivity contribution in [3.8, 4) is 0 Å². The molecule has 1 nitrogen and oxygen atoms in total. The molecule has 1 aromatic heterocycles. The monoisotopic (exact) mass is 279 g/mol. The van der Waals surface area contributed by atoms with Crippen molar-refractivity contribution in [1.82, 2.24) is 0 Å². The Kier molecular flexibility index (Phi) is 4.26. The van der Waals surface area contributed by atoms with Crippen molar-refractivity contribution in [3.05, 3.63) is 101 Å². The predicted octanol–water partition coefficient (Wildman–Crippen LogP) is 5.06. The summed E-state index contributed by atoms with van der Waals surface area (Å²) in [5.41, 5.74) is 2.32. The molecule has 0 spiro atoms. The summed E-state index contributed by atoms with van der Waals surface area (Å²) in [7, 11) is 0.